The molecule has 1 saturated carbocycles. The van der Waals surface area contributed by atoms with Crippen LogP contribution in [0.15, 0.2) is 67.1 Å². The summed E-state index contributed by atoms with van der Waals surface area (Å²) in [6.45, 7) is 1.29. The monoisotopic (exact) mass is 555 g/mol. The van der Waals surface area contributed by atoms with E-state index in [4.69, 9.17) is 14.7 Å². The number of hydrogen-bond donors (Lipinski definition) is 2. The number of aliphatic hydroxyl groups is 1. The Bertz CT molecular complexity index is 1690. The summed E-state index contributed by atoms with van der Waals surface area (Å²) in [4.78, 5) is 24.9. The van der Waals surface area contributed by atoms with Gasteiger partial charge >= 0.3 is 0 Å². The lowest BCUT2D eigenvalue weighted by molar-refractivity contribution is 0.0826. The topological polar surface area (TPSA) is 110 Å². The van der Waals surface area contributed by atoms with Crippen molar-refractivity contribution in [1.29, 1.82) is 0 Å². The molecule has 2 fully saturated rings. The number of carbonyl (C=O) groups is 1. The zero-order chi connectivity index (χ0) is 28.1. The van der Waals surface area contributed by atoms with Crippen LogP contribution in [0.3, 0.4) is 0 Å². The summed E-state index contributed by atoms with van der Waals surface area (Å²) in [5, 5.41) is 17.8. The quantitative estimate of drug-likeness (QED) is 0.316. The van der Waals surface area contributed by atoms with Crippen molar-refractivity contribution in [1.82, 2.24) is 29.5 Å². The number of amides is 1. The third-order valence-electron chi connectivity index (χ3n) is 8.11. The molecular weight excluding hydrogens is 525 g/mol. The van der Waals surface area contributed by atoms with Crippen molar-refractivity contribution in [3.05, 3.63) is 78.2 Å². The normalized spacial score (nSPS) is 22.2. The first-order valence-electron chi connectivity index (χ1n) is 13.8. The zero-order valence-corrected chi connectivity index (χ0v) is 22.5. The van der Waals surface area contributed by atoms with Crippen molar-refractivity contribution in [3.8, 4) is 22.6 Å². The summed E-state index contributed by atoms with van der Waals surface area (Å²) in [6, 6.07) is 15.2. The van der Waals surface area contributed by atoms with Gasteiger partial charge in [-0.2, -0.15) is 9.61 Å². The van der Waals surface area contributed by atoms with Gasteiger partial charge in [0.15, 0.2) is 5.65 Å². The molecule has 1 amide bonds. The summed E-state index contributed by atoms with van der Waals surface area (Å²) < 4.78 is 23.0. The minimum atomic E-state index is -1.03. The molecule has 11 heteroatoms. The maximum Gasteiger partial charge on any atom is 0.257 e. The van der Waals surface area contributed by atoms with E-state index in [0.717, 1.165) is 22.5 Å². The molecule has 0 radical (unpaired) electrons. The Hall–Kier alpha value is -4.35. The smallest absolute Gasteiger partial charge is 0.257 e. The molecule has 3 aromatic rings. The van der Waals surface area contributed by atoms with Gasteiger partial charge in [-0.3, -0.25) is 4.79 Å². The van der Waals surface area contributed by atoms with E-state index in [1.54, 1.807) is 10.7 Å². The highest BCUT2D eigenvalue weighted by molar-refractivity contribution is 6.00. The van der Waals surface area contributed by atoms with Crippen LogP contribution in [0, 0.1) is 0 Å². The fourth-order valence-corrected chi connectivity index (χ4v) is 5.65. The van der Waals surface area contributed by atoms with Gasteiger partial charge in [0.05, 0.1) is 37.2 Å². The van der Waals surface area contributed by atoms with Gasteiger partial charge in [-0.05, 0) is 30.5 Å². The van der Waals surface area contributed by atoms with E-state index >= 15 is 0 Å². The number of benzene rings is 1. The summed E-state index contributed by atoms with van der Waals surface area (Å²) >= 11 is 0. The largest absolute Gasteiger partial charge is 0.388 e. The highest BCUT2D eigenvalue weighted by atomic mass is 19.1. The van der Waals surface area contributed by atoms with E-state index in [0.29, 0.717) is 43.2 Å². The summed E-state index contributed by atoms with van der Waals surface area (Å²) in [5.74, 6) is 1.05. The first-order valence-corrected chi connectivity index (χ1v) is 13.8. The van der Waals surface area contributed by atoms with Gasteiger partial charge in [0.25, 0.3) is 5.91 Å². The average molecular weight is 556 g/mol. The molecule has 1 aliphatic carbocycles. The number of alkyl halides is 1. The van der Waals surface area contributed by atoms with Crippen molar-refractivity contribution in [2.24, 2.45) is 0 Å². The summed E-state index contributed by atoms with van der Waals surface area (Å²) in [6.07, 6.45) is 4.57. The van der Waals surface area contributed by atoms with E-state index in [1.807, 2.05) is 54.2 Å². The number of nitrogens with zero attached hydrogens (tertiary/aromatic N) is 6. The van der Waals surface area contributed by atoms with Gasteiger partial charge < -0.3 is 24.6 Å². The molecule has 1 saturated heterocycles. The Morgan fingerprint density at radius 1 is 1.15 bits per heavy atom. The Labute approximate surface area is 235 Å². The molecule has 2 aromatic heterocycles. The second-order valence-electron chi connectivity index (χ2n) is 10.8. The maximum absolute atomic E-state index is 14.0. The number of rotatable bonds is 7. The molecule has 10 nitrogen and oxygen atoms in total. The number of anilines is 1. The molecule has 5 heterocycles. The van der Waals surface area contributed by atoms with Crippen molar-refractivity contribution in [2.75, 3.05) is 25.2 Å². The number of halogens is 1. The predicted molar refractivity (Wildman–Crippen MR) is 151 cm³/mol. The lowest BCUT2D eigenvalue weighted by atomic mass is 9.90. The van der Waals surface area contributed by atoms with Crippen LogP contribution in [0.2, 0.25) is 0 Å². The van der Waals surface area contributed by atoms with E-state index < -0.39 is 24.2 Å². The van der Waals surface area contributed by atoms with Gasteiger partial charge in [-0.1, -0.05) is 30.3 Å². The lowest BCUT2D eigenvalue weighted by Gasteiger charge is -2.30. The SMILES string of the molecule is CN(Cc1ccccc1)c1cc(-c2cnc3n([C@H]4COC[C@@H]4O)cccc2-3)nc2c(C(=O)N[C@H]3CC[C@@H]3F)cnn12. The molecule has 1 aromatic carbocycles. The van der Waals surface area contributed by atoms with Crippen molar-refractivity contribution in [2.45, 2.75) is 43.7 Å². The highest BCUT2D eigenvalue weighted by Crippen LogP contribution is 2.37. The second kappa shape index (κ2) is 10.2. The van der Waals surface area contributed by atoms with Gasteiger partial charge in [0.2, 0.25) is 0 Å². The number of fused-ring (bicyclic) bond motifs is 2. The molecule has 3 aliphatic heterocycles. The van der Waals surface area contributed by atoms with Gasteiger partial charge in [0, 0.05) is 43.2 Å². The summed E-state index contributed by atoms with van der Waals surface area (Å²) in [5.41, 5.74) is 4.05. The van der Waals surface area contributed by atoms with Crippen LogP contribution in [-0.4, -0.2) is 73.7 Å². The standard InChI is InChI=1S/C30H30FN7O3/c1-36(15-18-6-3-2-4-7-18)27-12-24(34-29-21(14-33-38(27)29)30(40)35-23-10-9-22(23)31)20-13-32-28-19(20)8-5-11-37(28)25-16-41-17-26(25)39/h2-8,11-14,22-23,25-26,39H,9-10,15-17H2,1H3,(H,35,40)/t22-,23-,25-,26-/m0/s1. The molecule has 41 heavy (non-hydrogen) atoms. The van der Waals surface area contributed by atoms with Gasteiger partial charge in [0.1, 0.15) is 29.5 Å². The van der Waals surface area contributed by atoms with Crippen LogP contribution in [0.1, 0.15) is 34.8 Å². The van der Waals surface area contributed by atoms with Crippen LogP contribution in [-0.2, 0) is 11.3 Å². The number of aliphatic hydroxyl groups excluding tert-OH is 1. The van der Waals surface area contributed by atoms with Crippen LogP contribution in [0.5, 0.6) is 0 Å². The highest BCUT2D eigenvalue weighted by Gasteiger charge is 2.34. The molecule has 210 valence electrons. The first-order chi connectivity index (χ1) is 20.0. The molecule has 7 rings (SSSR count). The van der Waals surface area contributed by atoms with Crippen LogP contribution >= 0.6 is 0 Å². The molecular formula is C30H30FN7O3. The Morgan fingerprint density at radius 3 is 2.73 bits per heavy atom. The van der Waals surface area contributed by atoms with Crippen molar-refractivity contribution < 1.29 is 19.0 Å². The Morgan fingerprint density at radius 2 is 2.00 bits per heavy atom. The molecule has 2 N–H and O–H groups in total. The summed E-state index contributed by atoms with van der Waals surface area (Å²) in [7, 11) is 1.96. The Kier molecular flexibility index (Phi) is 6.40. The van der Waals surface area contributed by atoms with Crippen molar-refractivity contribution >= 4 is 17.4 Å². The number of pyridine rings is 1. The maximum atomic E-state index is 14.0. The molecule has 4 aliphatic rings. The van der Waals surface area contributed by atoms with Crippen molar-refractivity contribution in [3.63, 3.8) is 0 Å². The van der Waals surface area contributed by atoms with E-state index in [-0.39, 0.29) is 18.2 Å². The molecule has 4 atom stereocenters. The van der Waals surface area contributed by atoms with E-state index in [1.165, 1.54) is 6.20 Å². The van der Waals surface area contributed by atoms with Gasteiger partial charge in [-0.15, -0.1) is 0 Å². The molecule has 0 unspecified atom stereocenters. The van der Waals surface area contributed by atoms with Gasteiger partial charge in [-0.25, -0.2) is 14.4 Å². The van der Waals surface area contributed by atoms with E-state index in [2.05, 4.69) is 27.4 Å². The molecule has 0 spiro atoms. The van der Waals surface area contributed by atoms with Crippen LogP contribution < -0.4 is 10.2 Å². The minimum absolute atomic E-state index is 0.236. The number of ether oxygens (including phenoxy) is 1. The number of aromatic nitrogens is 5. The number of hydrogen-bond acceptors (Lipinski definition) is 7. The fourth-order valence-electron chi connectivity index (χ4n) is 5.65. The number of carbonyl (C=O) groups excluding carboxylic acids is 1. The first kappa shape index (κ1) is 25.6. The van der Waals surface area contributed by atoms with E-state index in [9.17, 15) is 14.3 Å². The minimum Gasteiger partial charge on any atom is -0.388 e. The third-order valence-corrected chi connectivity index (χ3v) is 8.11. The van der Waals surface area contributed by atoms with Crippen LogP contribution in [0.4, 0.5) is 10.2 Å². The second-order valence-corrected chi connectivity index (χ2v) is 10.8. The third kappa shape index (κ3) is 4.51. The Balaban J connectivity index is 1.32. The number of nitrogens with one attached hydrogen (secondary N) is 1. The molecule has 0 bridgehead atoms. The zero-order valence-electron chi connectivity index (χ0n) is 22.5. The predicted octanol–water partition coefficient (Wildman–Crippen LogP) is 3.50. The van der Waals surface area contributed by atoms with Crippen LogP contribution in [0.25, 0.3) is 28.3 Å². The lowest BCUT2D eigenvalue weighted by Crippen LogP contribution is -2.48. The fraction of sp³-hybridized carbons (Fsp3) is 0.333. The average Bonchev–Trinajstić information content (AvgIpc) is 3.73.